The summed E-state index contributed by atoms with van der Waals surface area (Å²) in [6, 6.07) is 7.76. The van der Waals surface area contributed by atoms with Gasteiger partial charge in [-0.1, -0.05) is 26.8 Å². The van der Waals surface area contributed by atoms with E-state index in [0.717, 1.165) is 23.5 Å². The average molecular weight is 735 g/mol. The molecule has 0 saturated carbocycles. The molecule has 6 rings (SSSR count). The molecule has 4 amide bonds. The highest BCUT2D eigenvalue weighted by Crippen LogP contribution is 2.59. The summed E-state index contributed by atoms with van der Waals surface area (Å²) < 4.78 is 53.9. The van der Waals surface area contributed by atoms with Gasteiger partial charge >= 0.3 is 13.3 Å². The second-order valence-corrected chi connectivity index (χ2v) is 17.0. The van der Waals surface area contributed by atoms with Crippen LogP contribution in [0.4, 0.5) is 13.2 Å². The van der Waals surface area contributed by atoms with Crippen molar-refractivity contribution in [3.05, 3.63) is 70.4 Å². The summed E-state index contributed by atoms with van der Waals surface area (Å²) in [7, 11) is -5.79. The van der Waals surface area contributed by atoms with Crippen molar-refractivity contribution < 1.29 is 46.7 Å². The third-order valence-corrected chi connectivity index (χ3v) is 12.0. The van der Waals surface area contributed by atoms with Gasteiger partial charge in [0.2, 0.25) is 11.8 Å². The second-order valence-electron chi connectivity index (χ2n) is 14.3. The number of halogens is 3. The van der Waals surface area contributed by atoms with Crippen molar-refractivity contribution in [2.45, 2.75) is 63.8 Å². The summed E-state index contributed by atoms with van der Waals surface area (Å²) in [5, 5.41) is 2.98. The Labute approximate surface area is 290 Å². The number of nitrogens with one attached hydrogen (secondary N) is 1. The normalized spacial score (nSPS) is 21.8. The summed E-state index contributed by atoms with van der Waals surface area (Å²) in [5.41, 5.74) is -5.71. The standard InChI is InChI=1S/C34H38F3N4O7PS/c1-33(2,3)28(38-29(42)27-16-21-15-22(8-11-26(21)50-27)34(36,37)49(46,47)48)32(45)40-13-4-5-24(40)31(44)41-14-12-20-17-39(18-25(20)41)30(43)19-6-9-23(35)10-7-19/h6-11,15-16,20,24-25,28H,4-5,12-14,17-18H2,1-3H3,(H,38,42)(H2,46,47,48)/t20-,24-,25+,28?/m0/s1. The number of rotatable bonds is 7. The van der Waals surface area contributed by atoms with Crippen LogP contribution in [0.3, 0.4) is 0 Å². The molecule has 3 saturated heterocycles. The highest BCUT2D eigenvalue weighted by molar-refractivity contribution is 7.52. The smallest absolute Gasteiger partial charge is 0.339 e. The molecular formula is C34H38F3N4O7PS. The molecular weight excluding hydrogens is 696 g/mol. The third-order valence-electron chi connectivity index (χ3n) is 9.87. The monoisotopic (exact) mass is 734 g/mol. The van der Waals surface area contributed by atoms with Crippen molar-refractivity contribution in [2.24, 2.45) is 11.3 Å². The van der Waals surface area contributed by atoms with E-state index in [1.807, 2.05) is 0 Å². The van der Waals surface area contributed by atoms with Crippen molar-refractivity contribution in [1.29, 1.82) is 0 Å². The Bertz CT molecular complexity index is 1890. The molecule has 1 unspecified atom stereocenters. The van der Waals surface area contributed by atoms with Crippen LogP contribution in [0, 0.1) is 17.2 Å². The highest BCUT2D eigenvalue weighted by atomic mass is 32.1. The minimum Gasteiger partial charge on any atom is -0.339 e. The number of carbonyl (C=O) groups excluding carboxylic acids is 4. The van der Waals surface area contributed by atoms with Crippen molar-refractivity contribution in [3.63, 3.8) is 0 Å². The van der Waals surface area contributed by atoms with Crippen LogP contribution in [0.15, 0.2) is 48.5 Å². The Morgan fingerprint density at radius 1 is 0.960 bits per heavy atom. The molecule has 0 spiro atoms. The van der Waals surface area contributed by atoms with E-state index in [9.17, 15) is 36.9 Å². The fraction of sp³-hybridized carbons (Fsp3) is 0.471. The molecule has 16 heteroatoms. The number of benzene rings is 2. The lowest BCUT2D eigenvalue weighted by molar-refractivity contribution is -0.146. The number of hydrogen-bond donors (Lipinski definition) is 3. The first-order chi connectivity index (χ1) is 23.4. The Morgan fingerprint density at radius 2 is 1.66 bits per heavy atom. The zero-order valence-corrected chi connectivity index (χ0v) is 29.4. The number of alkyl halides is 2. The van der Waals surface area contributed by atoms with Crippen molar-refractivity contribution in [1.82, 2.24) is 20.0 Å². The number of likely N-dealkylation sites (tertiary alicyclic amines) is 3. The maximum atomic E-state index is 14.3. The fourth-order valence-corrected chi connectivity index (χ4v) is 8.60. The van der Waals surface area contributed by atoms with Crippen LogP contribution in [-0.4, -0.2) is 92.4 Å². The minimum absolute atomic E-state index is 0.0796. The SMILES string of the molecule is CC(C)(C)C(NC(=O)c1cc2cc(C(F)(F)P(=O)(O)O)ccc2s1)C(=O)N1CCC[C@H]1C(=O)N1CC[C@H]2CN(C(=O)c3ccc(F)cc3)C[C@H]21. The third kappa shape index (κ3) is 6.68. The van der Waals surface area contributed by atoms with Crippen LogP contribution in [-0.2, 0) is 19.8 Å². The molecule has 268 valence electrons. The first-order valence-electron chi connectivity index (χ1n) is 16.3. The summed E-state index contributed by atoms with van der Waals surface area (Å²) in [4.78, 5) is 78.2. The van der Waals surface area contributed by atoms with Crippen LogP contribution in [0.2, 0.25) is 0 Å². The summed E-state index contributed by atoms with van der Waals surface area (Å²) in [6.45, 7) is 6.96. The lowest BCUT2D eigenvalue weighted by atomic mass is 9.85. The first kappa shape index (κ1) is 36.0. The molecule has 1 aromatic heterocycles. The Kier molecular flexibility index (Phi) is 9.42. The molecule has 4 atom stereocenters. The van der Waals surface area contributed by atoms with Gasteiger partial charge in [0.05, 0.1) is 10.9 Å². The predicted octanol–water partition coefficient (Wildman–Crippen LogP) is 4.78. The summed E-state index contributed by atoms with van der Waals surface area (Å²) in [5.74, 6) is -1.86. The number of hydrogen-bond acceptors (Lipinski definition) is 6. The van der Waals surface area contributed by atoms with E-state index in [2.05, 4.69) is 5.32 Å². The molecule has 0 bridgehead atoms. The van der Waals surface area contributed by atoms with Crippen LogP contribution in [0.5, 0.6) is 0 Å². The lowest BCUT2D eigenvalue weighted by Gasteiger charge is -2.37. The molecule has 50 heavy (non-hydrogen) atoms. The van der Waals surface area contributed by atoms with Gasteiger partial charge in [0.1, 0.15) is 17.9 Å². The number of thiophene rings is 1. The first-order valence-corrected chi connectivity index (χ1v) is 18.7. The molecule has 3 aromatic rings. The number of nitrogens with zero attached hydrogens (tertiary/aromatic N) is 3. The van der Waals surface area contributed by atoms with Gasteiger partial charge in [0, 0.05) is 47.9 Å². The van der Waals surface area contributed by atoms with Crippen molar-refractivity contribution >= 4 is 52.6 Å². The quantitative estimate of drug-likeness (QED) is 0.296. The van der Waals surface area contributed by atoms with Crippen molar-refractivity contribution in [2.75, 3.05) is 26.2 Å². The van der Waals surface area contributed by atoms with Gasteiger partial charge in [-0.05, 0) is 72.5 Å². The van der Waals surface area contributed by atoms with E-state index in [4.69, 9.17) is 9.79 Å². The van der Waals surface area contributed by atoms with Crippen LogP contribution in [0.1, 0.15) is 65.6 Å². The zero-order chi connectivity index (χ0) is 36.3. The largest absolute Gasteiger partial charge is 0.399 e. The Morgan fingerprint density at radius 3 is 2.32 bits per heavy atom. The van der Waals surface area contributed by atoms with Gasteiger partial charge in [-0.25, -0.2) is 4.39 Å². The maximum absolute atomic E-state index is 14.3. The molecule has 11 nitrogen and oxygen atoms in total. The Hall–Kier alpha value is -3.78. The van der Waals surface area contributed by atoms with E-state index >= 15 is 0 Å². The second kappa shape index (κ2) is 13.1. The molecule has 3 N–H and O–H groups in total. The van der Waals surface area contributed by atoms with E-state index in [0.29, 0.717) is 55.7 Å². The van der Waals surface area contributed by atoms with Crippen molar-refractivity contribution in [3.8, 4) is 0 Å². The molecule has 2 aromatic carbocycles. The zero-order valence-electron chi connectivity index (χ0n) is 27.6. The predicted molar refractivity (Wildman–Crippen MR) is 179 cm³/mol. The van der Waals surface area contributed by atoms with Gasteiger partial charge < -0.3 is 29.8 Å². The molecule has 3 aliphatic heterocycles. The van der Waals surface area contributed by atoms with Gasteiger partial charge in [-0.15, -0.1) is 11.3 Å². The molecule has 0 radical (unpaired) electrons. The van der Waals surface area contributed by atoms with Crippen LogP contribution >= 0.6 is 18.9 Å². The lowest BCUT2D eigenvalue weighted by Crippen LogP contribution is -2.58. The van der Waals surface area contributed by atoms with Gasteiger partial charge in [-0.2, -0.15) is 8.78 Å². The number of fused-ring (bicyclic) bond motifs is 2. The number of amides is 4. The van der Waals surface area contributed by atoms with E-state index in [-0.39, 0.29) is 34.0 Å². The van der Waals surface area contributed by atoms with Crippen LogP contribution < -0.4 is 5.32 Å². The molecule has 3 fully saturated rings. The van der Waals surface area contributed by atoms with Gasteiger partial charge in [0.15, 0.2) is 0 Å². The van der Waals surface area contributed by atoms with Gasteiger partial charge in [-0.3, -0.25) is 23.7 Å². The van der Waals surface area contributed by atoms with Gasteiger partial charge in [0.25, 0.3) is 11.8 Å². The summed E-state index contributed by atoms with van der Waals surface area (Å²) >= 11 is 0.980. The Balaban J connectivity index is 1.16. The molecule has 4 heterocycles. The van der Waals surface area contributed by atoms with E-state index in [1.54, 1.807) is 30.6 Å². The molecule has 0 aliphatic carbocycles. The maximum Gasteiger partial charge on any atom is 0.399 e. The average Bonchev–Trinajstić information content (AvgIpc) is 3.85. The van der Waals surface area contributed by atoms with E-state index in [1.165, 1.54) is 41.3 Å². The minimum atomic E-state index is -5.79. The van der Waals surface area contributed by atoms with E-state index < -0.39 is 54.0 Å². The fourth-order valence-electron chi connectivity index (χ4n) is 7.18. The number of carbonyl (C=O) groups is 4. The molecule has 3 aliphatic rings. The highest BCUT2D eigenvalue weighted by Gasteiger charge is 2.51. The topological polar surface area (TPSA) is 148 Å². The summed E-state index contributed by atoms with van der Waals surface area (Å²) in [6.07, 6.45) is 1.74. The van der Waals surface area contributed by atoms with Crippen LogP contribution in [0.25, 0.3) is 10.1 Å².